The zero-order valence-corrected chi connectivity index (χ0v) is 8.86. The second kappa shape index (κ2) is 4.69. The molecule has 0 bridgehead atoms. The van der Waals surface area contributed by atoms with Gasteiger partial charge in [-0.15, -0.1) is 0 Å². The van der Waals surface area contributed by atoms with Crippen LogP contribution in [0, 0.1) is 0 Å². The Bertz CT molecular complexity index is 406. The number of H-pyrrole nitrogens is 1. The molecule has 15 heavy (non-hydrogen) atoms. The second-order valence-corrected chi connectivity index (χ2v) is 3.53. The van der Waals surface area contributed by atoms with Crippen molar-refractivity contribution in [2.45, 2.75) is 12.8 Å². The quantitative estimate of drug-likeness (QED) is 0.808. The summed E-state index contributed by atoms with van der Waals surface area (Å²) in [6.07, 6.45) is 6.05. The molecule has 2 rings (SSSR count). The van der Waals surface area contributed by atoms with Gasteiger partial charge in [0.1, 0.15) is 5.75 Å². The molecule has 0 amide bonds. The summed E-state index contributed by atoms with van der Waals surface area (Å²) >= 11 is 0. The van der Waals surface area contributed by atoms with E-state index in [0.29, 0.717) is 0 Å². The molecule has 0 fully saturated rings. The maximum atomic E-state index is 5.31. The van der Waals surface area contributed by atoms with Gasteiger partial charge in [0.25, 0.3) is 0 Å². The molecular formula is C13H15NO. The molecule has 1 aromatic heterocycles. The first-order valence-corrected chi connectivity index (χ1v) is 5.13. The molecule has 1 aromatic carbocycles. The summed E-state index contributed by atoms with van der Waals surface area (Å²) in [7, 11) is 1.72. The van der Waals surface area contributed by atoms with Crippen LogP contribution in [-0.4, -0.2) is 12.1 Å². The lowest BCUT2D eigenvalue weighted by atomic mass is 10.1. The van der Waals surface area contributed by atoms with E-state index in [1.807, 2.05) is 24.5 Å². The molecule has 1 heterocycles. The predicted molar refractivity (Wildman–Crippen MR) is 61.2 cm³/mol. The molecule has 0 atom stereocenters. The first kappa shape index (κ1) is 9.84. The minimum atomic E-state index is 0.980. The van der Waals surface area contributed by atoms with Crippen LogP contribution in [0.3, 0.4) is 0 Å². The lowest BCUT2D eigenvalue weighted by Crippen LogP contribution is -1.94. The minimum absolute atomic E-state index is 0.980. The van der Waals surface area contributed by atoms with Crippen LogP contribution in [0.25, 0.3) is 0 Å². The molecule has 2 aromatic rings. The van der Waals surface area contributed by atoms with Crippen molar-refractivity contribution in [3.8, 4) is 5.75 Å². The molecule has 2 nitrogen and oxygen atoms in total. The molecule has 0 aliphatic rings. The van der Waals surface area contributed by atoms with E-state index in [9.17, 15) is 0 Å². The first-order chi connectivity index (χ1) is 7.40. The summed E-state index contributed by atoms with van der Waals surface area (Å²) in [5.74, 6) is 0.980. The summed E-state index contributed by atoms with van der Waals surface area (Å²) in [5, 5.41) is 0. The average Bonchev–Trinajstić information content (AvgIpc) is 2.79. The van der Waals surface area contributed by atoms with E-state index in [2.05, 4.69) is 23.2 Å². The Kier molecular flexibility index (Phi) is 3.08. The maximum Gasteiger partial charge on any atom is 0.122 e. The van der Waals surface area contributed by atoms with Gasteiger partial charge < -0.3 is 9.72 Å². The Balaban J connectivity index is 2.04. The zero-order chi connectivity index (χ0) is 10.5. The van der Waals surface area contributed by atoms with E-state index in [-0.39, 0.29) is 0 Å². The number of nitrogens with one attached hydrogen (secondary N) is 1. The molecule has 2 heteroatoms. The number of para-hydroxylation sites is 1. The van der Waals surface area contributed by atoms with E-state index in [1.165, 1.54) is 11.1 Å². The van der Waals surface area contributed by atoms with Crippen molar-refractivity contribution >= 4 is 0 Å². The van der Waals surface area contributed by atoms with Crippen molar-refractivity contribution < 1.29 is 4.74 Å². The van der Waals surface area contributed by atoms with Crippen LogP contribution in [-0.2, 0) is 12.8 Å². The minimum Gasteiger partial charge on any atom is -0.496 e. The molecule has 0 radical (unpaired) electrons. The van der Waals surface area contributed by atoms with Gasteiger partial charge in [0.2, 0.25) is 0 Å². The number of hydrogen-bond acceptors (Lipinski definition) is 1. The van der Waals surface area contributed by atoms with Gasteiger partial charge in [0.15, 0.2) is 0 Å². The van der Waals surface area contributed by atoms with Crippen LogP contribution in [0.1, 0.15) is 11.1 Å². The van der Waals surface area contributed by atoms with E-state index in [0.717, 1.165) is 18.6 Å². The molecule has 0 saturated carbocycles. The SMILES string of the molecule is COc1ccccc1CCc1cc[nH]c1. The monoisotopic (exact) mass is 201 g/mol. The fourth-order valence-corrected chi connectivity index (χ4v) is 1.70. The zero-order valence-electron chi connectivity index (χ0n) is 8.86. The van der Waals surface area contributed by atoms with Crippen molar-refractivity contribution in [2.75, 3.05) is 7.11 Å². The molecule has 0 aliphatic carbocycles. The van der Waals surface area contributed by atoms with E-state index in [1.54, 1.807) is 7.11 Å². The standard InChI is InChI=1S/C13H15NO/c1-15-13-5-3-2-4-12(13)7-6-11-8-9-14-10-11/h2-5,8-10,14H,6-7H2,1H3. The van der Waals surface area contributed by atoms with Gasteiger partial charge in [0, 0.05) is 12.4 Å². The Morgan fingerprint density at radius 1 is 1.13 bits per heavy atom. The average molecular weight is 201 g/mol. The van der Waals surface area contributed by atoms with Gasteiger partial charge in [-0.1, -0.05) is 18.2 Å². The Morgan fingerprint density at radius 2 is 2.00 bits per heavy atom. The van der Waals surface area contributed by atoms with Crippen molar-refractivity contribution in [1.82, 2.24) is 4.98 Å². The van der Waals surface area contributed by atoms with Crippen LogP contribution in [0.4, 0.5) is 0 Å². The smallest absolute Gasteiger partial charge is 0.122 e. The number of aromatic nitrogens is 1. The van der Waals surface area contributed by atoms with Gasteiger partial charge in [-0.3, -0.25) is 0 Å². The maximum absolute atomic E-state index is 5.31. The third kappa shape index (κ3) is 2.40. The summed E-state index contributed by atoms with van der Waals surface area (Å²) in [6.45, 7) is 0. The third-order valence-corrected chi connectivity index (χ3v) is 2.54. The summed E-state index contributed by atoms with van der Waals surface area (Å²) in [5.41, 5.74) is 2.60. The summed E-state index contributed by atoms with van der Waals surface area (Å²) in [6, 6.07) is 10.3. The van der Waals surface area contributed by atoms with Gasteiger partial charge in [-0.05, 0) is 36.1 Å². The van der Waals surface area contributed by atoms with Crippen LogP contribution < -0.4 is 4.74 Å². The molecular weight excluding hydrogens is 186 g/mol. The predicted octanol–water partition coefficient (Wildman–Crippen LogP) is 2.81. The number of ether oxygens (including phenoxy) is 1. The van der Waals surface area contributed by atoms with E-state index < -0.39 is 0 Å². The highest BCUT2D eigenvalue weighted by Crippen LogP contribution is 2.19. The van der Waals surface area contributed by atoms with Crippen molar-refractivity contribution in [2.24, 2.45) is 0 Å². The third-order valence-electron chi connectivity index (χ3n) is 2.54. The molecule has 78 valence electrons. The van der Waals surface area contributed by atoms with E-state index >= 15 is 0 Å². The Labute approximate surface area is 89.9 Å². The highest BCUT2D eigenvalue weighted by Gasteiger charge is 2.01. The highest BCUT2D eigenvalue weighted by atomic mass is 16.5. The second-order valence-electron chi connectivity index (χ2n) is 3.53. The van der Waals surface area contributed by atoms with Crippen LogP contribution >= 0.6 is 0 Å². The molecule has 0 saturated heterocycles. The fraction of sp³-hybridized carbons (Fsp3) is 0.231. The highest BCUT2D eigenvalue weighted by molar-refractivity contribution is 5.33. The number of methoxy groups -OCH3 is 1. The molecule has 0 spiro atoms. The fourth-order valence-electron chi connectivity index (χ4n) is 1.70. The summed E-state index contributed by atoms with van der Waals surface area (Å²) < 4.78 is 5.31. The normalized spacial score (nSPS) is 10.2. The van der Waals surface area contributed by atoms with Gasteiger partial charge in [-0.25, -0.2) is 0 Å². The lowest BCUT2D eigenvalue weighted by Gasteiger charge is -2.06. The molecule has 0 unspecified atom stereocenters. The van der Waals surface area contributed by atoms with Crippen LogP contribution in [0.5, 0.6) is 5.75 Å². The number of benzene rings is 1. The van der Waals surface area contributed by atoms with Crippen molar-refractivity contribution in [3.63, 3.8) is 0 Å². The van der Waals surface area contributed by atoms with Crippen LogP contribution in [0.15, 0.2) is 42.7 Å². The topological polar surface area (TPSA) is 25.0 Å². The molecule has 1 N–H and O–H groups in total. The van der Waals surface area contributed by atoms with Gasteiger partial charge >= 0.3 is 0 Å². The van der Waals surface area contributed by atoms with Gasteiger partial charge in [0.05, 0.1) is 7.11 Å². The van der Waals surface area contributed by atoms with Crippen LogP contribution in [0.2, 0.25) is 0 Å². The van der Waals surface area contributed by atoms with E-state index in [4.69, 9.17) is 4.74 Å². The summed E-state index contributed by atoms with van der Waals surface area (Å²) in [4.78, 5) is 3.06. The molecule has 0 aliphatic heterocycles. The van der Waals surface area contributed by atoms with Gasteiger partial charge in [-0.2, -0.15) is 0 Å². The Hall–Kier alpha value is -1.70. The number of hydrogen-bond donors (Lipinski definition) is 1. The largest absolute Gasteiger partial charge is 0.496 e. The number of rotatable bonds is 4. The Morgan fingerprint density at radius 3 is 2.73 bits per heavy atom. The first-order valence-electron chi connectivity index (χ1n) is 5.13. The van der Waals surface area contributed by atoms with Crippen molar-refractivity contribution in [3.05, 3.63) is 53.9 Å². The lowest BCUT2D eigenvalue weighted by molar-refractivity contribution is 0.409. The number of aryl methyl sites for hydroxylation is 2. The van der Waals surface area contributed by atoms with Crippen molar-refractivity contribution in [1.29, 1.82) is 0 Å². The number of aromatic amines is 1.